The van der Waals surface area contributed by atoms with Crippen LogP contribution in [0.15, 0.2) is 18.2 Å². The zero-order valence-corrected chi connectivity index (χ0v) is 8.26. The summed E-state index contributed by atoms with van der Waals surface area (Å²) in [4.78, 5) is 0. The molecular formula is C11H15NO. The lowest BCUT2D eigenvalue weighted by atomic mass is 9.86. The summed E-state index contributed by atoms with van der Waals surface area (Å²) in [7, 11) is 0. The maximum absolute atomic E-state index is 9.50. The van der Waals surface area contributed by atoms with Gasteiger partial charge >= 0.3 is 0 Å². The van der Waals surface area contributed by atoms with Crippen LogP contribution in [-0.4, -0.2) is 11.3 Å². The fourth-order valence-corrected chi connectivity index (χ4v) is 1.13. The molecule has 0 bridgehead atoms. The predicted octanol–water partition coefficient (Wildman–Crippen LogP) is 2.69. The Hall–Kier alpha value is -1.31. The summed E-state index contributed by atoms with van der Waals surface area (Å²) >= 11 is 0. The standard InChI is InChI=1S/C11H15NO/c1-11(2,3)9-5-4-8(7-12)10(13)6-9/h4-7,12-13H,1-3H3. The predicted molar refractivity (Wildman–Crippen MR) is 54.7 cm³/mol. The highest BCUT2D eigenvalue weighted by Gasteiger charge is 2.14. The van der Waals surface area contributed by atoms with Gasteiger partial charge in [-0.2, -0.15) is 0 Å². The molecule has 2 N–H and O–H groups in total. The second-order valence-electron chi connectivity index (χ2n) is 4.17. The monoisotopic (exact) mass is 177 g/mol. The molecule has 0 fully saturated rings. The minimum absolute atomic E-state index is 0.0397. The first kappa shape index (κ1) is 9.78. The minimum atomic E-state index is 0.0397. The fourth-order valence-electron chi connectivity index (χ4n) is 1.13. The molecule has 0 amide bonds. The molecule has 0 heterocycles. The van der Waals surface area contributed by atoms with E-state index in [1.165, 1.54) is 0 Å². The van der Waals surface area contributed by atoms with Gasteiger partial charge in [0.2, 0.25) is 0 Å². The largest absolute Gasteiger partial charge is 0.507 e. The zero-order valence-electron chi connectivity index (χ0n) is 8.26. The van der Waals surface area contributed by atoms with Crippen molar-refractivity contribution in [2.45, 2.75) is 26.2 Å². The van der Waals surface area contributed by atoms with Gasteiger partial charge in [-0.1, -0.05) is 26.8 Å². The van der Waals surface area contributed by atoms with Gasteiger partial charge in [-0.25, -0.2) is 0 Å². The fraction of sp³-hybridized carbons (Fsp3) is 0.364. The topological polar surface area (TPSA) is 44.1 Å². The highest BCUT2D eigenvalue weighted by molar-refractivity contribution is 5.81. The van der Waals surface area contributed by atoms with E-state index in [1.807, 2.05) is 6.07 Å². The Morgan fingerprint density at radius 2 is 1.92 bits per heavy atom. The summed E-state index contributed by atoms with van der Waals surface area (Å²) in [6.07, 6.45) is 1.15. The highest BCUT2D eigenvalue weighted by atomic mass is 16.3. The number of hydrogen-bond acceptors (Lipinski definition) is 2. The third-order valence-electron chi connectivity index (χ3n) is 2.05. The Labute approximate surface area is 78.7 Å². The molecule has 0 saturated heterocycles. The second-order valence-corrected chi connectivity index (χ2v) is 4.17. The van der Waals surface area contributed by atoms with E-state index in [9.17, 15) is 5.11 Å². The van der Waals surface area contributed by atoms with E-state index < -0.39 is 0 Å². The molecule has 13 heavy (non-hydrogen) atoms. The Morgan fingerprint density at radius 3 is 2.31 bits per heavy atom. The Morgan fingerprint density at radius 1 is 1.31 bits per heavy atom. The molecule has 0 atom stereocenters. The van der Waals surface area contributed by atoms with Crippen molar-refractivity contribution >= 4 is 6.21 Å². The van der Waals surface area contributed by atoms with Crippen molar-refractivity contribution in [3.05, 3.63) is 29.3 Å². The molecule has 2 nitrogen and oxygen atoms in total. The summed E-state index contributed by atoms with van der Waals surface area (Å²) in [5.41, 5.74) is 1.68. The van der Waals surface area contributed by atoms with Crippen LogP contribution in [0, 0.1) is 5.41 Å². The zero-order chi connectivity index (χ0) is 10.1. The first-order chi connectivity index (χ1) is 5.95. The average Bonchev–Trinajstić information content (AvgIpc) is 2.02. The van der Waals surface area contributed by atoms with E-state index in [-0.39, 0.29) is 11.2 Å². The van der Waals surface area contributed by atoms with Gasteiger partial charge in [-0.3, -0.25) is 0 Å². The van der Waals surface area contributed by atoms with Crippen LogP contribution in [0.5, 0.6) is 5.75 Å². The maximum Gasteiger partial charge on any atom is 0.124 e. The van der Waals surface area contributed by atoms with Crippen LogP contribution >= 0.6 is 0 Å². The van der Waals surface area contributed by atoms with Gasteiger partial charge in [0, 0.05) is 11.8 Å². The first-order valence-electron chi connectivity index (χ1n) is 4.29. The van der Waals surface area contributed by atoms with E-state index in [4.69, 9.17) is 5.41 Å². The summed E-state index contributed by atoms with van der Waals surface area (Å²) in [6, 6.07) is 5.43. The van der Waals surface area contributed by atoms with Crippen molar-refractivity contribution in [2.24, 2.45) is 0 Å². The average molecular weight is 177 g/mol. The number of aromatic hydroxyl groups is 1. The van der Waals surface area contributed by atoms with Crippen molar-refractivity contribution in [3.8, 4) is 5.75 Å². The van der Waals surface area contributed by atoms with E-state index >= 15 is 0 Å². The SMILES string of the molecule is CC(C)(C)c1ccc(C=N)c(O)c1. The van der Waals surface area contributed by atoms with Gasteiger partial charge in [0.05, 0.1) is 0 Å². The molecule has 0 aliphatic rings. The summed E-state index contributed by atoms with van der Waals surface area (Å²) in [5.74, 6) is 0.183. The molecule has 1 aromatic rings. The maximum atomic E-state index is 9.50. The van der Waals surface area contributed by atoms with Crippen LogP contribution in [0.4, 0.5) is 0 Å². The number of phenolic OH excluding ortho intramolecular Hbond substituents is 1. The molecule has 0 aliphatic carbocycles. The van der Waals surface area contributed by atoms with E-state index in [0.717, 1.165) is 11.8 Å². The van der Waals surface area contributed by atoms with Crippen LogP contribution in [0.25, 0.3) is 0 Å². The molecule has 1 rings (SSSR count). The molecule has 0 radical (unpaired) electrons. The lowest BCUT2D eigenvalue weighted by Gasteiger charge is -2.19. The molecule has 0 aromatic heterocycles. The van der Waals surface area contributed by atoms with Crippen molar-refractivity contribution in [3.63, 3.8) is 0 Å². The quantitative estimate of drug-likeness (QED) is 0.636. The third-order valence-corrected chi connectivity index (χ3v) is 2.05. The molecule has 1 aromatic carbocycles. The van der Waals surface area contributed by atoms with Crippen LogP contribution < -0.4 is 0 Å². The minimum Gasteiger partial charge on any atom is -0.507 e. The molecule has 2 heteroatoms. The van der Waals surface area contributed by atoms with Crippen molar-refractivity contribution in [1.82, 2.24) is 0 Å². The van der Waals surface area contributed by atoms with Gasteiger partial charge in [0.25, 0.3) is 0 Å². The van der Waals surface area contributed by atoms with Crippen molar-refractivity contribution < 1.29 is 5.11 Å². The van der Waals surface area contributed by atoms with Crippen LogP contribution in [-0.2, 0) is 5.41 Å². The summed E-state index contributed by atoms with van der Waals surface area (Å²) in [5, 5.41) is 16.5. The van der Waals surface area contributed by atoms with Gasteiger partial charge < -0.3 is 10.5 Å². The van der Waals surface area contributed by atoms with Gasteiger partial charge in [0.15, 0.2) is 0 Å². The number of nitrogens with one attached hydrogen (secondary N) is 1. The van der Waals surface area contributed by atoms with E-state index in [2.05, 4.69) is 20.8 Å². The molecule has 0 spiro atoms. The van der Waals surface area contributed by atoms with E-state index in [1.54, 1.807) is 12.1 Å². The lowest BCUT2D eigenvalue weighted by molar-refractivity contribution is 0.470. The third kappa shape index (κ3) is 2.08. The van der Waals surface area contributed by atoms with Crippen molar-refractivity contribution in [2.75, 3.05) is 0 Å². The van der Waals surface area contributed by atoms with Crippen LogP contribution in [0.3, 0.4) is 0 Å². The lowest BCUT2D eigenvalue weighted by Crippen LogP contribution is -2.10. The van der Waals surface area contributed by atoms with Crippen LogP contribution in [0.2, 0.25) is 0 Å². The molecule has 0 unspecified atom stereocenters. The smallest absolute Gasteiger partial charge is 0.124 e. The first-order valence-corrected chi connectivity index (χ1v) is 4.29. The Balaban J connectivity index is 3.17. The number of rotatable bonds is 1. The van der Waals surface area contributed by atoms with Gasteiger partial charge in [-0.15, -0.1) is 0 Å². The van der Waals surface area contributed by atoms with Gasteiger partial charge in [0.1, 0.15) is 5.75 Å². The summed E-state index contributed by atoms with van der Waals surface area (Å²) in [6.45, 7) is 6.27. The number of phenols is 1. The summed E-state index contributed by atoms with van der Waals surface area (Å²) < 4.78 is 0. The Bertz CT molecular complexity index is 323. The molecule has 0 aliphatic heterocycles. The second kappa shape index (κ2) is 3.21. The van der Waals surface area contributed by atoms with Gasteiger partial charge in [-0.05, 0) is 23.1 Å². The number of hydrogen-bond donors (Lipinski definition) is 2. The van der Waals surface area contributed by atoms with Crippen LogP contribution in [0.1, 0.15) is 31.9 Å². The number of benzene rings is 1. The normalized spacial score (nSPS) is 11.3. The highest BCUT2D eigenvalue weighted by Crippen LogP contribution is 2.26. The molecule has 70 valence electrons. The van der Waals surface area contributed by atoms with Crippen molar-refractivity contribution in [1.29, 1.82) is 5.41 Å². The molecule has 0 saturated carbocycles. The Kier molecular flexibility index (Phi) is 2.41. The molecular weight excluding hydrogens is 162 g/mol. The van der Waals surface area contributed by atoms with E-state index in [0.29, 0.717) is 5.56 Å².